The summed E-state index contributed by atoms with van der Waals surface area (Å²) in [4.78, 5) is 2.56. The Hall–Kier alpha value is -2.32. The van der Waals surface area contributed by atoms with Crippen LogP contribution in [0.5, 0.6) is 0 Å². The Bertz CT molecular complexity index is 763. The third kappa shape index (κ3) is 5.60. The molecule has 26 heavy (non-hydrogen) atoms. The zero-order valence-corrected chi connectivity index (χ0v) is 15.9. The number of hydrogen-bond donors (Lipinski definition) is 0. The van der Waals surface area contributed by atoms with Crippen LogP contribution in [0, 0.1) is 6.92 Å². The van der Waals surface area contributed by atoms with Crippen molar-refractivity contribution in [3.8, 4) is 0 Å². The Kier molecular flexibility index (Phi) is 6.68. The molecule has 0 fully saturated rings. The van der Waals surface area contributed by atoms with Gasteiger partial charge in [-0.25, -0.2) is 0 Å². The van der Waals surface area contributed by atoms with Crippen LogP contribution in [0.2, 0.25) is 0 Å². The molecule has 0 aliphatic rings. The van der Waals surface area contributed by atoms with Crippen molar-refractivity contribution in [3.05, 3.63) is 95.4 Å². The molecule has 0 bridgehead atoms. The van der Waals surface area contributed by atoms with E-state index in [0.717, 1.165) is 44.0 Å². The van der Waals surface area contributed by atoms with Gasteiger partial charge in [-0.05, 0) is 49.6 Å². The quantitative estimate of drug-likeness (QED) is 0.484. The summed E-state index contributed by atoms with van der Waals surface area (Å²) in [6.07, 6.45) is 2.19. The molecule has 0 N–H and O–H groups in total. The summed E-state index contributed by atoms with van der Waals surface area (Å²) < 4.78 is 5.81. The van der Waals surface area contributed by atoms with E-state index in [1.807, 2.05) is 6.92 Å². The molecule has 1 aromatic heterocycles. The molecule has 1 heterocycles. The van der Waals surface area contributed by atoms with E-state index in [2.05, 4.69) is 84.6 Å². The van der Waals surface area contributed by atoms with E-state index in [1.165, 1.54) is 11.1 Å². The van der Waals surface area contributed by atoms with Crippen molar-refractivity contribution in [2.45, 2.75) is 39.2 Å². The zero-order valence-electron chi connectivity index (χ0n) is 15.9. The predicted molar refractivity (Wildman–Crippen MR) is 108 cm³/mol. The highest BCUT2D eigenvalue weighted by molar-refractivity contribution is 5.16. The van der Waals surface area contributed by atoms with Gasteiger partial charge in [0.2, 0.25) is 0 Å². The lowest BCUT2D eigenvalue weighted by Gasteiger charge is -2.24. The molecule has 0 spiro atoms. The standard InChI is InChI=1S/C24H29NO/c1-20(24-14-13-21(2)26-24)15-17-25(19-23-11-7-4-8-12-23)18-16-22-9-5-3-6-10-22/h3-14,20H,15-19H2,1-2H3. The maximum absolute atomic E-state index is 5.81. The summed E-state index contributed by atoms with van der Waals surface area (Å²) in [5.41, 5.74) is 2.78. The molecule has 3 rings (SSSR count). The molecule has 0 aliphatic heterocycles. The minimum Gasteiger partial charge on any atom is -0.466 e. The van der Waals surface area contributed by atoms with Gasteiger partial charge in [-0.3, -0.25) is 4.90 Å². The molecule has 0 aliphatic carbocycles. The van der Waals surface area contributed by atoms with Crippen molar-refractivity contribution in [1.29, 1.82) is 0 Å². The van der Waals surface area contributed by atoms with Crippen molar-refractivity contribution in [2.75, 3.05) is 13.1 Å². The van der Waals surface area contributed by atoms with Crippen molar-refractivity contribution < 1.29 is 4.42 Å². The zero-order chi connectivity index (χ0) is 18.2. The predicted octanol–water partition coefficient (Wildman–Crippen LogP) is 5.83. The molecule has 1 atom stereocenters. The van der Waals surface area contributed by atoms with E-state index in [1.54, 1.807) is 0 Å². The summed E-state index contributed by atoms with van der Waals surface area (Å²) in [6, 6.07) is 25.7. The number of benzene rings is 2. The highest BCUT2D eigenvalue weighted by Crippen LogP contribution is 2.22. The average molecular weight is 348 g/mol. The second-order valence-corrected chi connectivity index (χ2v) is 7.14. The van der Waals surface area contributed by atoms with E-state index < -0.39 is 0 Å². The third-order valence-electron chi connectivity index (χ3n) is 4.93. The van der Waals surface area contributed by atoms with E-state index >= 15 is 0 Å². The Morgan fingerprint density at radius 1 is 0.808 bits per heavy atom. The number of nitrogens with zero attached hydrogens (tertiary/aromatic N) is 1. The van der Waals surface area contributed by atoms with Crippen LogP contribution in [0.1, 0.15) is 41.9 Å². The lowest BCUT2D eigenvalue weighted by atomic mass is 10.0. The number of hydrogen-bond acceptors (Lipinski definition) is 2. The Labute approximate surface area is 157 Å². The summed E-state index contributed by atoms with van der Waals surface area (Å²) in [5, 5.41) is 0. The van der Waals surface area contributed by atoms with Gasteiger partial charge in [0, 0.05) is 19.0 Å². The normalized spacial score (nSPS) is 12.4. The smallest absolute Gasteiger partial charge is 0.107 e. The molecule has 2 nitrogen and oxygen atoms in total. The highest BCUT2D eigenvalue weighted by Gasteiger charge is 2.13. The summed E-state index contributed by atoms with van der Waals surface area (Å²) >= 11 is 0. The second kappa shape index (κ2) is 9.40. The topological polar surface area (TPSA) is 16.4 Å². The summed E-state index contributed by atoms with van der Waals surface area (Å²) in [6.45, 7) is 7.41. The Morgan fingerprint density at radius 3 is 2.08 bits per heavy atom. The van der Waals surface area contributed by atoms with Crippen molar-refractivity contribution in [1.82, 2.24) is 4.90 Å². The van der Waals surface area contributed by atoms with Crippen LogP contribution < -0.4 is 0 Å². The first-order valence-corrected chi connectivity index (χ1v) is 9.57. The highest BCUT2D eigenvalue weighted by atomic mass is 16.3. The fourth-order valence-electron chi connectivity index (χ4n) is 3.28. The fourth-order valence-corrected chi connectivity index (χ4v) is 3.28. The van der Waals surface area contributed by atoms with Gasteiger partial charge in [0.05, 0.1) is 0 Å². The first-order valence-electron chi connectivity index (χ1n) is 9.57. The van der Waals surface area contributed by atoms with Crippen LogP contribution in [0.4, 0.5) is 0 Å². The van der Waals surface area contributed by atoms with Crippen LogP contribution in [-0.2, 0) is 13.0 Å². The number of rotatable bonds is 9. The van der Waals surface area contributed by atoms with Gasteiger partial charge < -0.3 is 4.42 Å². The van der Waals surface area contributed by atoms with Crippen molar-refractivity contribution in [3.63, 3.8) is 0 Å². The molecular formula is C24H29NO. The third-order valence-corrected chi connectivity index (χ3v) is 4.93. The van der Waals surface area contributed by atoms with E-state index in [0.29, 0.717) is 5.92 Å². The van der Waals surface area contributed by atoms with Gasteiger partial charge in [-0.1, -0.05) is 67.6 Å². The van der Waals surface area contributed by atoms with Crippen LogP contribution in [0.15, 0.2) is 77.2 Å². The first kappa shape index (κ1) is 18.5. The molecule has 0 radical (unpaired) electrons. The second-order valence-electron chi connectivity index (χ2n) is 7.14. The minimum absolute atomic E-state index is 0.443. The monoisotopic (exact) mass is 347 g/mol. The summed E-state index contributed by atoms with van der Waals surface area (Å²) in [5.74, 6) is 2.54. The lowest BCUT2D eigenvalue weighted by Crippen LogP contribution is -2.27. The number of aryl methyl sites for hydroxylation is 1. The summed E-state index contributed by atoms with van der Waals surface area (Å²) in [7, 11) is 0. The van der Waals surface area contributed by atoms with Crippen LogP contribution >= 0.6 is 0 Å². The van der Waals surface area contributed by atoms with Crippen LogP contribution in [-0.4, -0.2) is 18.0 Å². The van der Waals surface area contributed by atoms with Crippen LogP contribution in [0.25, 0.3) is 0 Å². The van der Waals surface area contributed by atoms with Gasteiger partial charge in [0.15, 0.2) is 0 Å². The molecule has 2 heteroatoms. The minimum atomic E-state index is 0.443. The van der Waals surface area contributed by atoms with Crippen molar-refractivity contribution >= 4 is 0 Å². The molecule has 0 saturated carbocycles. The fraction of sp³-hybridized carbons (Fsp3) is 0.333. The van der Waals surface area contributed by atoms with Gasteiger partial charge >= 0.3 is 0 Å². The number of furan rings is 1. The maximum atomic E-state index is 5.81. The molecule has 0 saturated heterocycles. The van der Waals surface area contributed by atoms with Crippen LogP contribution in [0.3, 0.4) is 0 Å². The van der Waals surface area contributed by atoms with E-state index in [9.17, 15) is 0 Å². The lowest BCUT2D eigenvalue weighted by molar-refractivity contribution is 0.255. The average Bonchev–Trinajstić information content (AvgIpc) is 3.12. The van der Waals surface area contributed by atoms with Gasteiger partial charge in [0.1, 0.15) is 11.5 Å². The Balaban J connectivity index is 1.60. The molecule has 136 valence electrons. The molecular weight excluding hydrogens is 318 g/mol. The SMILES string of the molecule is Cc1ccc(C(C)CCN(CCc2ccccc2)Cc2ccccc2)o1. The Morgan fingerprint density at radius 2 is 1.46 bits per heavy atom. The van der Waals surface area contributed by atoms with Gasteiger partial charge in [-0.15, -0.1) is 0 Å². The first-order chi connectivity index (χ1) is 12.7. The molecule has 0 amide bonds. The molecule has 2 aromatic carbocycles. The largest absolute Gasteiger partial charge is 0.466 e. The van der Waals surface area contributed by atoms with Gasteiger partial charge in [0.25, 0.3) is 0 Å². The van der Waals surface area contributed by atoms with Crippen molar-refractivity contribution in [2.24, 2.45) is 0 Å². The van der Waals surface area contributed by atoms with Gasteiger partial charge in [-0.2, -0.15) is 0 Å². The molecule has 1 unspecified atom stereocenters. The maximum Gasteiger partial charge on any atom is 0.107 e. The van der Waals surface area contributed by atoms with E-state index in [4.69, 9.17) is 4.42 Å². The van der Waals surface area contributed by atoms with E-state index in [-0.39, 0.29) is 0 Å². The molecule has 3 aromatic rings.